The molecule has 154 valence electrons. The summed E-state index contributed by atoms with van der Waals surface area (Å²) in [5.41, 5.74) is 0.937. The van der Waals surface area contributed by atoms with E-state index in [1.165, 1.54) is 6.42 Å². The van der Waals surface area contributed by atoms with Crippen molar-refractivity contribution in [3.05, 3.63) is 47.5 Å². The molecule has 2 N–H and O–H groups in total. The molecule has 1 saturated carbocycles. The van der Waals surface area contributed by atoms with Crippen LogP contribution in [0, 0.1) is 5.92 Å². The van der Waals surface area contributed by atoms with Crippen LogP contribution in [0.2, 0.25) is 0 Å². The maximum Gasteiger partial charge on any atom is 0.407 e. The summed E-state index contributed by atoms with van der Waals surface area (Å²) in [5, 5.41) is 9.89. The first-order valence-electron chi connectivity index (χ1n) is 10.3. The molecule has 0 unspecified atom stereocenters. The van der Waals surface area contributed by atoms with E-state index in [1.807, 2.05) is 35.2 Å². The standard InChI is InChI=1S/C21H27N5O3/c27-20(17-7-4-8-17)26-11-9-16(10-12-26)19-23-18(24-25-19)13-22-21(28)29-14-15-5-2-1-3-6-15/h1-3,5-6,16-17H,4,7-14H2,(H,22,28)(H,23,24,25). The van der Waals surface area contributed by atoms with Gasteiger partial charge in [-0.3, -0.25) is 9.89 Å². The number of amides is 2. The first-order chi connectivity index (χ1) is 14.2. The molecule has 1 aliphatic heterocycles. The number of piperidine rings is 1. The fourth-order valence-electron chi connectivity index (χ4n) is 3.77. The molecule has 2 amide bonds. The van der Waals surface area contributed by atoms with Crippen LogP contribution in [-0.4, -0.2) is 45.2 Å². The third kappa shape index (κ3) is 4.93. The molecule has 29 heavy (non-hydrogen) atoms. The summed E-state index contributed by atoms with van der Waals surface area (Å²) < 4.78 is 5.19. The second-order valence-corrected chi connectivity index (χ2v) is 7.78. The lowest BCUT2D eigenvalue weighted by Crippen LogP contribution is -2.43. The van der Waals surface area contributed by atoms with E-state index in [1.54, 1.807) is 0 Å². The van der Waals surface area contributed by atoms with Gasteiger partial charge in [-0.15, -0.1) is 0 Å². The molecule has 2 aromatic rings. The van der Waals surface area contributed by atoms with Crippen molar-refractivity contribution in [2.75, 3.05) is 13.1 Å². The van der Waals surface area contributed by atoms with Crippen molar-refractivity contribution in [2.45, 2.75) is 51.2 Å². The monoisotopic (exact) mass is 397 g/mol. The van der Waals surface area contributed by atoms with Crippen LogP contribution in [0.4, 0.5) is 4.79 Å². The highest BCUT2D eigenvalue weighted by molar-refractivity contribution is 5.79. The first-order valence-corrected chi connectivity index (χ1v) is 10.3. The summed E-state index contributed by atoms with van der Waals surface area (Å²) >= 11 is 0. The molecule has 1 saturated heterocycles. The fraction of sp³-hybridized carbons (Fsp3) is 0.524. The Labute approximate surface area is 170 Å². The molecule has 1 aliphatic carbocycles. The van der Waals surface area contributed by atoms with Crippen molar-refractivity contribution in [3.8, 4) is 0 Å². The molecule has 8 nitrogen and oxygen atoms in total. The van der Waals surface area contributed by atoms with E-state index in [0.29, 0.717) is 11.7 Å². The minimum atomic E-state index is -0.491. The van der Waals surface area contributed by atoms with Crippen LogP contribution in [0.15, 0.2) is 30.3 Å². The Morgan fingerprint density at radius 2 is 1.90 bits per heavy atom. The third-order valence-electron chi connectivity index (χ3n) is 5.79. The maximum absolute atomic E-state index is 12.4. The minimum Gasteiger partial charge on any atom is -0.445 e. The third-order valence-corrected chi connectivity index (χ3v) is 5.79. The Kier molecular flexibility index (Phi) is 6.07. The zero-order valence-corrected chi connectivity index (χ0v) is 16.5. The van der Waals surface area contributed by atoms with Gasteiger partial charge in [-0.2, -0.15) is 5.10 Å². The van der Waals surface area contributed by atoms with Gasteiger partial charge in [0.05, 0.1) is 6.54 Å². The number of hydrogen-bond donors (Lipinski definition) is 2. The van der Waals surface area contributed by atoms with E-state index in [4.69, 9.17) is 4.74 Å². The number of carbonyl (C=O) groups is 2. The Morgan fingerprint density at radius 1 is 1.14 bits per heavy atom. The van der Waals surface area contributed by atoms with Crippen LogP contribution >= 0.6 is 0 Å². The summed E-state index contributed by atoms with van der Waals surface area (Å²) in [6, 6.07) is 9.53. The Balaban J connectivity index is 1.19. The van der Waals surface area contributed by atoms with Gasteiger partial charge in [-0.25, -0.2) is 9.78 Å². The zero-order valence-electron chi connectivity index (χ0n) is 16.5. The van der Waals surface area contributed by atoms with Gasteiger partial charge in [0.15, 0.2) is 5.82 Å². The lowest BCUT2D eigenvalue weighted by atomic mass is 9.83. The number of benzene rings is 1. The van der Waals surface area contributed by atoms with E-state index in [9.17, 15) is 9.59 Å². The second-order valence-electron chi connectivity index (χ2n) is 7.78. The number of alkyl carbamates (subject to hydrolysis) is 1. The molecular weight excluding hydrogens is 370 g/mol. The number of carbonyl (C=O) groups excluding carboxylic acids is 2. The van der Waals surface area contributed by atoms with Gasteiger partial charge in [-0.05, 0) is 31.2 Å². The SMILES string of the molecule is O=C(NCc1nc(C2CCN(C(=O)C3CCC3)CC2)n[nH]1)OCc1ccccc1. The van der Waals surface area contributed by atoms with Crippen molar-refractivity contribution in [2.24, 2.45) is 5.92 Å². The van der Waals surface area contributed by atoms with Crippen molar-refractivity contribution in [1.29, 1.82) is 0 Å². The number of hydrogen-bond acceptors (Lipinski definition) is 5. The molecular formula is C21H27N5O3. The maximum atomic E-state index is 12.4. The molecule has 0 atom stereocenters. The number of nitrogens with one attached hydrogen (secondary N) is 2. The molecule has 2 heterocycles. The number of rotatable bonds is 6. The predicted octanol–water partition coefficient (Wildman–Crippen LogP) is 2.74. The molecule has 1 aromatic heterocycles. The Morgan fingerprint density at radius 3 is 2.59 bits per heavy atom. The van der Waals surface area contributed by atoms with Crippen molar-refractivity contribution in [3.63, 3.8) is 0 Å². The van der Waals surface area contributed by atoms with Gasteiger partial charge in [0.25, 0.3) is 0 Å². The van der Waals surface area contributed by atoms with Gasteiger partial charge in [-0.1, -0.05) is 36.8 Å². The highest BCUT2D eigenvalue weighted by atomic mass is 16.5. The van der Waals surface area contributed by atoms with Gasteiger partial charge < -0.3 is 15.0 Å². The van der Waals surface area contributed by atoms with Crippen LogP contribution in [0.5, 0.6) is 0 Å². The number of aromatic nitrogens is 3. The summed E-state index contributed by atoms with van der Waals surface area (Å²) in [7, 11) is 0. The van der Waals surface area contributed by atoms with Crippen molar-refractivity contribution in [1.82, 2.24) is 25.4 Å². The molecule has 4 rings (SSSR count). The largest absolute Gasteiger partial charge is 0.445 e. The van der Waals surface area contributed by atoms with Crippen LogP contribution in [0.25, 0.3) is 0 Å². The Bertz CT molecular complexity index is 826. The number of nitrogens with zero attached hydrogens (tertiary/aromatic N) is 3. The molecule has 0 radical (unpaired) electrons. The van der Waals surface area contributed by atoms with Crippen LogP contribution in [0.1, 0.15) is 55.2 Å². The van der Waals surface area contributed by atoms with Gasteiger partial charge >= 0.3 is 6.09 Å². The molecule has 2 aliphatic rings. The zero-order chi connectivity index (χ0) is 20.1. The van der Waals surface area contributed by atoms with Crippen molar-refractivity contribution < 1.29 is 14.3 Å². The average molecular weight is 397 g/mol. The first kappa shape index (κ1) is 19.4. The van der Waals surface area contributed by atoms with E-state index < -0.39 is 6.09 Å². The number of likely N-dealkylation sites (tertiary alicyclic amines) is 1. The summed E-state index contributed by atoms with van der Waals surface area (Å²) in [4.78, 5) is 30.7. The number of aromatic amines is 1. The van der Waals surface area contributed by atoms with E-state index in [0.717, 1.165) is 50.2 Å². The van der Waals surface area contributed by atoms with Gasteiger partial charge in [0, 0.05) is 24.9 Å². The van der Waals surface area contributed by atoms with Crippen LogP contribution in [0.3, 0.4) is 0 Å². The highest BCUT2D eigenvalue weighted by Crippen LogP contribution is 2.31. The highest BCUT2D eigenvalue weighted by Gasteiger charge is 2.32. The number of ether oxygens (including phenoxy) is 1. The fourth-order valence-corrected chi connectivity index (χ4v) is 3.77. The quantitative estimate of drug-likeness (QED) is 0.781. The topological polar surface area (TPSA) is 100 Å². The normalized spacial score (nSPS) is 17.6. The Hall–Kier alpha value is -2.90. The van der Waals surface area contributed by atoms with Gasteiger partial charge in [0.2, 0.25) is 5.91 Å². The molecule has 1 aromatic carbocycles. The molecule has 2 fully saturated rings. The molecule has 0 bridgehead atoms. The van der Waals surface area contributed by atoms with Gasteiger partial charge in [0.1, 0.15) is 12.4 Å². The summed E-state index contributed by atoms with van der Waals surface area (Å²) in [6.07, 6.45) is 4.54. The molecule has 0 spiro atoms. The smallest absolute Gasteiger partial charge is 0.407 e. The summed E-state index contributed by atoms with van der Waals surface area (Å²) in [5.74, 6) is 2.19. The lowest BCUT2D eigenvalue weighted by Gasteiger charge is -2.35. The predicted molar refractivity (Wildman–Crippen MR) is 106 cm³/mol. The van der Waals surface area contributed by atoms with Crippen molar-refractivity contribution >= 4 is 12.0 Å². The average Bonchev–Trinajstić information content (AvgIpc) is 3.19. The lowest BCUT2D eigenvalue weighted by molar-refractivity contribution is -0.139. The summed E-state index contributed by atoms with van der Waals surface area (Å²) in [6.45, 7) is 2.01. The molecule has 8 heteroatoms. The van der Waals surface area contributed by atoms with E-state index >= 15 is 0 Å². The number of H-pyrrole nitrogens is 1. The second kappa shape index (κ2) is 9.07. The van der Waals surface area contributed by atoms with E-state index in [-0.39, 0.29) is 25.0 Å². The van der Waals surface area contributed by atoms with Crippen LogP contribution in [-0.2, 0) is 22.7 Å². The minimum absolute atomic E-state index is 0.229. The van der Waals surface area contributed by atoms with E-state index in [2.05, 4.69) is 20.5 Å². The van der Waals surface area contributed by atoms with Crippen LogP contribution < -0.4 is 5.32 Å².